The van der Waals surface area contributed by atoms with Crippen LogP contribution >= 0.6 is 0 Å². The van der Waals surface area contributed by atoms with Crippen molar-refractivity contribution >= 4 is 34.7 Å². The summed E-state index contributed by atoms with van der Waals surface area (Å²) in [5.41, 5.74) is 3.67. The average Bonchev–Trinajstić information content (AvgIpc) is 2.88. The fraction of sp³-hybridized carbons (Fsp3) is 0.200. The highest BCUT2D eigenvalue weighted by atomic mass is 16.2. The Kier molecular flexibility index (Phi) is 6.51. The maximum absolute atomic E-state index is 12.9. The molecule has 3 amide bonds. The van der Waals surface area contributed by atoms with Crippen molar-refractivity contribution in [3.63, 3.8) is 0 Å². The lowest BCUT2D eigenvalue weighted by Crippen LogP contribution is -2.51. The van der Waals surface area contributed by atoms with Crippen LogP contribution in [0.5, 0.6) is 0 Å². The molecule has 1 aromatic heterocycles. The largest absolute Gasteiger partial charge is 0.345 e. The summed E-state index contributed by atoms with van der Waals surface area (Å²) in [6, 6.07) is 18.0. The number of nitrogens with one attached hydrogen (secondary N) is 1. The molecule has 2 heterocycles. The second-order valence-electron chi connectivity index (χ2n) is 7.68. The molecule has 8 heteroatoms. The topological polar surface area (TPSA) is 73.1 Å². The lowest BCUT2D eigenvalue weighted by atomic mass is 10.1. The molecule has 8 nitrogen and oxygen atoms in total. The molecule has 1 aliphatic heterocycles. The number of urea groups is 1. The van der Waals surface area contributed by atoms with Crippen molar-refractivity contribution in [2.24, 2.45) is 0 Å². The zero-order valence-electron chi connectivity index (χ0n) is 18.3. The first-order chi connectivity index (χ1) is 16.0. The minimum atomic E-state index is -0.229. The lowest BCUT2D eigenvalue weighted by Gasteiger charge is -2.34. The van der Waals surface area contributed by atoms with Crippen molar-refractivity contribution in [3.05, 3.63) is 90.0 Å². The number of hydrogen-bond donors (Lipinski definition) is 1. The predicted molar refractivity (Wildman–Crippen MR) is 128 cm³/mol. The fourth-order valence-corrected chi connectivity index (χ4v) is 3.70. The molecule has 4 rings (SSSR count). The van der Waals surface area contributed by atoms with E-state index in [1.165, 1.54) is 0 Å². The molecule has 0 unspecified atom stereocenters. The lowest BCUT2D eigenvalue weighted by molar-refractivity contribution is 0.0671. The molecule has 33 heavy (non-hydrogen) atoms. The number of carbonyl (C=O) groups excluding carboxylic acids is 2. The van der Waals surface area contributed by atoms with E-state index in [0.29, 0.717) is 43.1 Å². The van der Waals surface area contributed by atoms with Crippen LogP contribution in [0.3, 0.4) is 0 Å². The standard InChI is InChI=1S/C25H24N6O2/c1-26-20-4-3-5-21(18-20)28-25(33)31-16-14-30(15-17-31)24(32)19-6-8-22(9-7-19)29(2)23-10-12-27-13-11-23/h3-13,18H,14-17H2,2H3,(H,28,33). The first kappa shape index (κ1) is 21.8. The SMILES string of the molecule is [C-]#[N+]c1cccc(NC(=O)N2CCN(C(=O)c3ccc(N(C)c4ccncc4)cc3)CC2)c1. The molecule has 0 spiro atoms. The van der Waals surface area contributed by atoms with E-state index in [-0.39, 0.29) is 11.9 Å². The average molecular weight is 441 g/mol. The molecule has 0 aliphatic carbocycles. The quantitative estimate of drug-likeness (QED) is 0.611. The van der Waals surface area contributed by atoms with E-state index in [1.807, 2.05) is 48.3 Å². The molecule has 0 bridgehead atoms. The highest BCUT2D eigenvalue weighted by molar-refractivity contribution is 5.95. The number of amides is 3. The van der Waals surface area contributed by atoms with E-state index in [9.17, 15) is 9.59 Å². The van der Waals surface area contributed by atoms with Gasteiger partial charge in [0, 0.05) is 68.2 Å². The summed E-state index contributed by atoms with van der Waals surface area (Å²) in [4.78, 5) is 38.4. The van der Waals surface area contributed by atoms with Crippen LogP contribution in [0.1, 0.15) is 10.4 Å². The van der Waals surface area contributed by atoms with E-state index >= 15 is 0 Å². The summed E-state index contributed by atoms with van der Waals surface area (Å²) in [5.74, 6) is -0.0436. The van der Waals surface area contributed by atoms with Crippen LogP contribution in [0.2, 0.25) is 0 Å². The van der Waals surface area contributed by atoms with Gasteiger partial charge >= 0.3 is 6.03 Å². The van der Waals surface area contributed by atoms with Gasteiger partial charge in [0.25, 0.3) is 5.91 Å². The number of nitrogens with zero attached hydrogens (tertiary/aromatic N) is 5. The van der Waals surface area contributed by atoms with Crippen LogP contribution in [0.15, 0.2) is 73.1 Å². The van der Waals surface area contributed by atoms with Crippen LogP contribution in [0, 0.1) is 6.57 Å². The number of anilines is 3. The normalized spacial score (nSPS) is 13.2. The van der Waals surface area contributed by atoms with Crippen molar-refractivity contribution < 1.29 is 9.59 Å². The van der Waals surface area contributed by atoms with Gasteiger partial charge in [0.1, 0.15) is 0 Å². The Morgan fingerprint density at radius 2 is 1.58 bits per heavy atom. The highest BCUT2D eigenvalue weighted by Crippen LogP contribution is 2.23. The van der Waals surface area contributed by atoms with Gasteiger partial charge in [0.2, 0.25) is 0 Å². The monoisotopic (exact) mass is 440 g/mol. The minimum absolute atomic E-state index is 0.0436. The van der Waals surface area contributed by atoms with Crippen molar-refractivity contribution in [1.29, 1.82) is 0 Å². The van der Waals surface area contributed by atoms with Crippen molar-refractivity contribution in [2.75, 3.05) is 43.4 Å². The Balaban J connectivity index is 1.32. The summed E-state index contributed by atoms with van der Waals surface area (Å²) in [7, 11) is 1.97. The molecule has 166 valence electrons. The van der Waals surface area contributed by atoms with Gasteiger partial charge < -0.3 is 20.0 Å². The van der Waals surface area contributed by atoms with Crippen molar-refractivity contribution in [2.45, 2.75) is 0 Å². The minimum Gasteiger partial charge on any atom is -0.345 e. The molecule has 1 aliphatic rings. The van der Waals surface area contributed by atoms with Crippen LogP contribution in [0.25, 0.3) is 4.85 Å². The third-order valence-corrected chi connectivity index (χ3v) is 5.63. The number of piperazine rings is 1. The fourth-order valence-electron chi connectivity index (χ4n) is 3.70. The van der Waals surface area contributed by atoms with Crippen LogP contribution in [-0.2, 0) is 0 Å². The number of aromatic nitrogens is 1. The molecule has 1 N–H and O–H groups in total. The number of benzene rings is 2. The zero-order chi connectivity index (χ0) is 23.2. The zero-order valence-corrected chi connectivity index (χ0v) is 18.3. The molecule has 3 aromatic rings. The van der Waals surface area contributed by atoms with Gasteiger partial charge in [-0.3, -0.25) is 9.78 Å². The second kappa shape index (κ2) is 9.83. The van der Waals surface area contributed by atoms with Gasteiger partial charge in [-0.05, 0) is 48.5 Å². The summed E-state index contributed by atoms with van der Waals surface area (Å²) in [5, 5.41) is 2.82. The first-order valence-corrected chi connectivity index (χ1v) is 10.6. The number of hydrogen-bond acceptors (Lipinski definition) is 4. The molecule has 0 radical (unpaired) electrons. The Morgan fingerprint density at radius 1 is 0.939 bits per heavy atom. The molecule has 0 atom stereocenters. The van der Waals surface area contributed by atoms with E-state index in [2.05, 4.69) is 15.1 Å². The van der Waals surface area contributed by atoms with E-state index in [0.717, 1.165) is 11.4 Å². The van der Waals surface area contributed by atoms with Gasteiger partial charge in [0.15, 0.2) is 5.69 Å². The number of carbonyl (C=O) groups is 2. The van der Waals surface area contributed by atoms with Crippen LogP contribution in [-0.4, -0.2) is 59.9 Å². The smallest absolute Gasteiger partial charge is 0.321 e. The summed E-state index contributed by atoms with van der Waals surface area (Å²) in [6.45, 7) is 8.91. The van der Waals surface area contributed by atoms with Gasteiger partial charge in [-0.2, -0.15) is 0 Å². The number of rotatable bonds is 4. The van der Waals surface area contributed by atoms with Crippen LogP contribution < -0.4 is 10.2 Å². The molecule has 0 saturated carbocycles. The van der Waals surface area contributed by atoms with E-state index in [1.54, 1.807) is 46.5 Å². The summed E-state index contributed by atoms with van der Waals surface area (Å²) in [6.07, 6.45) is 3.49. The maximum Gasteiger partial charge on any atom is 0.321 e. The number of pyridine rings is 1. The van der Waals surface area contributed by atoms with Gasteiger partial charge in [-0.1, -0.05) is 12.1 Å². The van der Waals surface area contributed by atoms with Gasteiger partial charge in [-0.15, -0.1) is 0 Å². The van der Waals surface area contributed by atoms with Gasteiger partial charge in [0.05, 0.1) is 6.57 Å². The third-order valence-electron chi connectivity index (χ3n) is 5.63. The van der Waals surface area contributed by atoms with Crippen LogP contribution in [0.4, 0.5) is 27.5 Å². The van der Waals surface area contributed by atoms with E-state index in [4.69, 9.17) is 6.57 Å². The predicted octanol–water partition coefficient (Wildman–Crippen LogP) is 4.39. The molecule has 1 saturated heterocycles. The summed E-state index contributed by atoms with van der Waals surface area (Å²) >= 11 is 0. The highest BCUT2D eigenvalue weighted by Gasteiger charge is 2.25. The van der Waals surface area contributed by atoms with E-state index < -0.39 is 0 Å². The Hall–Kier alpha value is -4.38. The molecule has 2 aromatic carbocycles. The molecular weight excluding hydrogens is 416 g/mol. The summed E-state index contributed by atoms with van der Waals surface area (Å²) < 4.78 is 0. The Labute approximate surface area is 192 Å². The maximum atomic E-state index is 12.9. The molecule has 1 fully saturated rings. The Morgan fingerprint density at radius 3 is 2.24 bits per heavy atom. The molecular formula is C25H24N6O2. The second-order valence-corrected chi connectivity index (χ2v) is 7.68. The van der Waals surface area contributed by atoms with Gasteiger partial charge in [-0.25, -0.2) is 9.64 Å². The Bertz CT molecular complexity index is 1170. The third kappa shape index (κ3) is 5.10. The van der Waals surface area contributed by atoms with Crippen molar-refractivity contribution in [3.8, 4) is 0 Å². The van der Waals surface area contributed by atoms with Crippen molar-refractivity contribution in [1.82, 2.24) is 14.8 Å². The first-order valence-electron chi connectivity index (χ1n) is 10.6.